The molecule has 72 valence electrons. The van der Waals surface area contributed by atoms with Crippen LogP contribution < -0.4 is 0 Å². The summed E-state index contributed by atoms with van der Waals surface area (Å²) in [5.74, 6) is 0.533. The maximum atomic E-state index is 9.38. The summed E-state index contributed by atoms with van der Waals surface area (Å²) in [7, 11) is 5.36. The van der Waals surface area contributed by atoms with Gasteiger partial charge in [-0.25, -0.2) is 0 Å². The summed E-state index contributed by atoms with van der Waals surface area (Å²) in [6, 6.07) is -0.839. The predicted molar refractivity (Wildman–Crippen MR) is 47.2 cm³/mol. The molecule has 0 bridgehead atoms. The average molecular weight is 184 g/mol. The largest absolute Gasteiger partial charge is 0.496 e. The quantitative estimate of drug-likeness (QED) is 0.443. The number of hydrogen-bond acceptors (Lipinski definition) is 4. The van der Waals surface area contributed by atoms with Crippen LogP contribution in [0.3, 0.4) is 0 Å². The molecule has 0 aromatic heterocycles. The van der Waals surface area contributed by atoms with Gasteiger partial charge in [-0.3, -0.25) is 0 Å². The third-order valence-corrected chi connectivity index (χ3v) is 1.89. The molecule has 1 fully saturated rings. The van der Waals surface area contributed by atoms with Crippen molar-refractivity contribution in [2.45, 2.75) is 31.2 Å². The molecule has 0 aliphatic carbocycles. The number of allylic oxidation sites excluding steroid dienone is 1. The van der Waals surface area contributed by atoms with Gasteiger partial charge in [0.25, 0.3) is 0 Å². The molecule has 0 saturated carbocycles. The Morgan fingerprint density at radius 1 is 1.54 bits per heavy atom. The summed E-state index contributed by atoms with van der Waals surface area (Å²) in [4.78, 5) is 0. The Hall–Kier alpha value is -0.515. The summed E-state index contributed by atoms with van der Waals surface area (Å²) in [5, 5.41) is 18.6. The molecule has 1 aliphatic heterocycles. The van der Waals surface area contributed by atoms with E-state index in [1.165, 1.54) is 0 Å². The van der Waals surface area contributed by atoms with Crippen LogP contribution in [0.1, 0.15) is 6.92 Å². The fourth-order valence-electron chi connectivity index (χ4n) is 1.14. The van der Waals surface area contributed by atoms with Gasteiger partial charge in [-0.05, 0) is 6.92 Å². The highest BCUT2D eigenvalue weighted by atomic mass is 16.6. The van der Waals surface area contributed by atoms with Crippen molar-refractivity contribution in [3.8, 4) is 0 Å². The molecule has 1 aliphatic rings. The highest BCUT2D eigenvalue weighted by Gasteiger charge is 2.39. The fourth-order valence-corrected chi connectivity index (χ4v) is 1.14. The minimum atomic E-state index is -1.04. The zero-order valence-electron chi connectivity index (χ0n) is 7.51. The zero-order chi connectivity index (χ0) is 10.0. The number of rotatable bonds is 3. The van der Waals surface area contributed by atoms with E-state index in [4.69, 9.17) is 17.3 Å². The molecule has 0 amide bonds. The van der Waals surface area contributed by atoms with Crippen LogP contribution in [0.5, 0.6) is 0 Å². The summed E-state index contributed by atoms with van der Waals surface area (Å²) in [5.41, 5.74) is 0. The van der Waals surface area contributed by atoms with Gasteiger partial charge in [0.1, 0.15) is 32.8 Å². The van der Waals surface area contributed by atoms with Crippen LogP contribution in [-0.2, 0) is 9.47 Å². The van der Waals surface area contributed by atoms with Gasteiger partial charge in [0, 0.05) is 6.00 Å². The van der Waals surface area contributed by atoms with E-state index in [1.807, 2.05) is 0 Å². The van der Waals surface area contributed by atoms with E-state index in [9.17, 15) is 10.2 Å². The first-order chi connectivity index (χ1) is 6.02. The molecule has 1 saturated heterocycles. The lowest BCUT2D eigenvalue weighted by Gasteiger charge is -2.15. The zero-order valence-corrected chi connectivity index (χ0v) is 7.51. The number of ether oxygens (including phenoxy) is 2. The summed E-state index contributed by atoms with van der Waals surface area (Å²) >= 11 is 0. The molecular formula is C8H13BO4. The lowest BCUT2D eigenvalue weighted by Crippen LogP contribution is -2.34. The molecule has 0 spiro atoms. The van der Waals surface area contributed by atoms with Crippen molar-refractivity contribution in [3.63, 3.8) is 0 Å². The van der Waals surface area contributed by atoms with Crippen molar-refractivity contribution in [1.29, 1.82) is 0 Å². The Labute approximate surface area is 78.6 Å². The van der Waals surface area contributed by atoms with Crippen LogP contribution in [-0.4, -0.2) is 49.0 Å². The summed E-state index contributed by atoms with van der Waals surface area (Å²) in [6.07, 6.45) is -2.62. The molecule has 0 aromatic rings. The first kappa shape index (κ1) is 10.6. The van der Waals surface area contributed by atoms with E-state index in [1.54, 1.807) is 6.92 Å². The minimum Gasteiger partial charge on any atom is -0.496 e. The Kier molecular flexibility index (Phi) is 3.36. The van der Waals surface area contributed by atoms with E-state index in [0.717, 1.165) is 0 Å². The molecule has 2 N–H and O–H groups in total. The maximum absolute atomic E-state index is 9.38. The standard InChI is InChI=1S/C8H13BO4/c1-4(2)12-3-5-6(10)7(11)8(9)13-5/h5-8,10-11H,1,3H2,2H3. The lowest BCUT2D eigenvalue weighted by atomic mass is 9.93. The van der Waals surface area contributed by atoms with E-state index in [-0.39, 0.29) is 6.61 Å². The average Bonchev–Trinajstić information content (AvgIpc) is 2.29. The number of hydrogen-bond donors (Lipinski definition) is 2. The number of aliphatic hydroxyl groups is 2. The Bertz CT molecular complexity index is 197. The van der Waals surface area contributed by atoms with Crippen LogP contribution in [0.15, 0.2) is 12.3 Å². The summed E-state index contributed by atoms with van der Waals surface area (Å²) in [6.45, 7) is 5.37. The molecule has 1 heterocycles. The van der Waals surface area contributed by atoms with Crippen LogP contribution >= 0.6 is 0 Å². The van der Waals surface area contributed by atoms with Crippen molar-refractivity contribution in [2.24, 2.45) is 0 Å². The molecular weight excluding hydrogens is 171 g/mol. The van der Waals surface area contributed by atoms with Gasteiger partial charge in [0.15, 0.2) is 0 Å². The molecule has 0 aromatic carbocycles. The topological polar surface area (TPSA) is 58.9 Å². The van der Waals surface area contributed by atoms with Crippen molar-refractivity contribution in [1.82, 2.24) is 0 Å². The third kappa shape index (κ3) is 2.46. The second-order valence-electron chi connectivity index (χ2n) is 3.13. The molecule has 2 radical (unpaired) electrons. The van der Waals surface area contributed by atoms with E-state index in [2.05, 4.69) is 6.58 Å². The fraction of sp³-hybridized carbons (Fsp3) is 0.750. The van der Waals surface area contributed by atoms with Gasteiger partial charge in [0.05, 0.1) is 5.76 Å². The molecule has 4 nitrogen and oxygen atoms in total. The summed E-state index contributed by atoms with van der Waals surface area (Å²) < 4.78 is 10.1. The van der Waals surface area contributed by atoms with Crippen molar-refractivity contribution in [2.75, 3.05) is 6.61 Å². The normalized spacial score (nSPS) is 39.0. The third-order valence-electron chi connectivity index (χ3n) is 1.89. The van der Waals surface area contributed by atoms with Gasteiger partial charge >= 0.3 is 0 Å². The SMILES string of the molecule is [B]C1OC(COC(=C)C)C(O)C1O. The van der Waals surface area contributed by atoms with Gasteiger partial charge in [-0.15, -0.1) is 0 Å². The lowest BCUT2D eigenvalue weighted by molar-refractivity contribution is -0.0173. The second-order valence-corrected chi connectivity index (χ2v) is 3.13. The first-order valence-electron chi connectivity index (χ1n) is 4.08. The molecule has 5 heteroatoms. The van der Waals surface area contributed by atoms with Crippen molar-refractivity contribution >= 4 is 7.85 Å². The minimum absolute atomic E-state index is 0.154. The Morgan fingerprint density at radius 2 is 2.15 bits per heavy atom. The monoisotopic (exact) mass is 184 g/mol. The van der Waals surface area contributed by atoms with Gasteiger partial charge in [0.2, 0.25) is 0 Å². The molecule has 4 unspecified atom stereocenters. The first-order valence-corrected chi connectivity index (χ1v) is 4.08. The Balaban J connectivity index is 2.40. The van der Waals surface area contributed by atoms with E-state index < -0.39 is 24.3 Å². The maximum Gasteiger partial charge on any atom is 0.119 e. The van der Waals surface area contributed by atoms with Crippen LogP contribution in [0, 0.1) is 0 Å². The highest BCUT2D eigenvalue weighted by molar-refractivity contribution is 6.11. The van der Waals surface area contributed by atoms with E-state index in [0.29, 0.717) is 5.76 Å². The van der Waals surface area contributed by atoms with Gasteiger partial charge in [-0.1, -0.05) is 6.58 Å². The van der Waals surface area contributed by atoms with Crippen LogP contribution in [0.2, 0.25) is 0 Å². The van der Waals surface area contributed by atoms with Crippen molar-refractivity contribution < 1.29 is 19.7 Å². The van der Waals surface area contributed by atoms with Gasteiger partial charge < -0.3 is 19.7 Å². The highest BCUT2D eigenvalue weighted by Crippen LogP contribution is 2.19. The Morgan fingerprint density at radius 3 is 2.54 bits per heavy atom. The van der Waals surface area contributed by atoms with Crippen LogP contribution in [0.25, 0.3) is 0 Å². The van der Waals surface area contributed by atoms with Crippen molar-refractivity contribution in [3.05, 3.63) is 12.3 Å². The predicted octanol–water partition coefficient (Wildman–Crippen LogP) is -0.848. The second kappa shape index (κ2) is 4.13. The molecule has 4 atom stereocenters. The molecule has 13 heavy (non-hydrogen) atoms. The smallest absolute Gasteiger partial charge is 0.119 e. The van der Waals surface area contributed by atoms with Crippen LogP contribution in [0.4, 0.5) is 0 Å². The van der Waals surface area contributed by atoms with E-state index >= 15 is 0 Å². The molecule has 1 rings (SSSR count). The number of aliphatic hydroxyl groups excluding tert-OH is 2. The van der Waals surface area contributed by atoms with Gasteiger partial charge in [-0.2, -0.15) is 0 Å².